The fraction of sp³-hybridized carbons (Fsp3) is 0.906. The van der Waals surface area contributed by atoms with Gasteiger partial charge in [-0.1, -0.05) is 360 Å². The molecule has 0 fully saturated rings. The lowest BCUT2D eigenvalue weighted by Gasteiger charge is -2.21. The number of ether oxygens (including phenoxy) is 4. The van der Waals surface area contributed by atoms with Crippen LogP contribution in [-0.2, 0) is 65.4 Å². The number of hydrogen-bond acceptors (Lipinski definition) is 15. The number of esters is 4. The van der Waals surface area contributed by atoms with Gasteiger partial charge in [0.15, 0.2) is 12.2 Å². The van der Waals surface area contributed by atoms with Gasteiger partial charge < -0.3 is 33.8 Å². The number of phosphoric acid groups is 2. The Morgan fingerprint density at radius 2 is 0.442 bits per heavy atom. The zero-order valence-electron chi connectivity index (χ0n) is 67.5. The number of carbonyl (C=O) groups excluding carboxylic acids is 4. The largest absolute Gasteiger partial charge is 0.472 e. The summed E-state index contributed by atoms with van der Waals surface area (Å²) in [5.74, 6) is -2.13. The average Bonchev–Trinajstić information content (AvgIpc) is 0.909. The van der Waals surface area contributed by atoms with E-state index in [-0.39, 0.29) is 25.7 Å². The first kappa shape index (κ1) is 102. The SMILES string of the molecule is CCCCCCCC/C=C\CCCCCCCC(=O)OC[C@H](COP(=O)(O)OC[C@H](O)COP(=O)(O)OC[C@@H](COC(=O)CCCCCCCCCCCCCCCCCCC)OC(=O)CCCCCCC/C=C\CCCCCCCC)OC(=O)CCCCCCCCCCCCCCCCCCC. The Labute approximate surface area is 637 Å². The van der Waals surface area contributed by atoms with Gasteiger partial charge in [0, 0.05) is 25.7 Å². The van der Waals surface area contributed by atoms with E-state index < -0.39 is 97.5 Å². The van der Waals surface area contributed by atoms with Crippen LogP contribution in [0, 0.1) is 0 Å². The highest BCUT2D eigenvalue weighted by Gasteiger charge is 2.30. The van der Waals surface area contributed by atoms with Crippen LogP contribution < -0.4 is 0 Å². The van der Waals surface area contributed by atoms with Crippen molar-refractivity contribution in [1.29, 1.82) is 0 Å². The zero-order chi connectivity index (χ0) is 76.0. The molecule has 0 aromatic carbocycles. The van der Waals surface area contributed by atoms with Gasteiger partial charge in [-0.3, -0.25) is 37.3 Å². The van der Waals surface area contributed by atoms with Crippen LogP contribution in [0.3, 0.4) is 0 Å². The Kier molecular flexibility index (Phi) is 76.8. The molecule has 0 saturated heterocycles. The van der Waals surface area contributed by atoms with Gasteiger partial charge in [0.25, 0.3) is 0 Å². The summed E-state index contributed by atoms with van der Waals surface area (Å²) in [5.41, 5.74) is 0. The minimum atomic E-state index is -4.97. The van der Waals surface area contributed by atoms with Gasteiger partial charge in [-0.2, -0.15) is 0 Å². The van der Waals surface area contributed by atoms with Crippen LogP contribution in [0.5, 0.6) is 0 Å². The molecule has 614 valence electrons. The third-order valence-corrected chi connectivity index (χ3v) is 21.3. The van der Waals surface area contributed by atoms with E-state index in [1.165, 1.54) is 238 Å². The highest BCUT2D eigenvalue weighted by molar-refractivity contribution is 7.47. The van der Waals surface area contributed by atoms with Gasteiger partial charge >= 0.3 is 39.5 Å². The maximum Gasteiger partial charge on any atom is 0.472 e. The fourth-order valence-electron chi connectivity index (χ4n) is 12.7. The number of carbonyl (C=O) groups is 4. The molecule has 0 spiro atoms. The lowest BCUT2D eigenvalue weighted by Crippen LogP contribution is -2.30. The molecule has 0 rings (SSSR count). The van der Waals surface area contributed by atoms with Crippen molar-refractivity contribution in [3.8, 4) is 0 Å². The molecule has 5 atom stereocenters. The first-order valence-corrected chi connectivity index (χ1v) is 46.6. The molecule has 3 N–H and O–H groups in total. The van der Waals surface area contributed by atoms with Crippen molar-refractivity contribution in [2.75, 3.05) is 39.6 Å². The van der Waals surface area contributed by atoms with E-state index in [4.69, 9.17) is 37.0 Å². The predicted octanol–water partition coefficient (Wildman–Crippen LogP) is 25.7. The van der Waals surface area contributed by atoms with Gasteiger partial charge in [0.05, 0.1) is 26.4 Å². The highest BCUT2D eigenvalue weighted by atomic mass is 31.2. The Morgan fingerprint density at radius 1 is 0.260 bits per heavy atom. The van der Waals surface area contributed by atoms with Gasteiger partial charge in [0.1, 0.15) is 19.3 Å². The Hall–Kier alpha value is -2.46. The minimum Gasteiger partial charge on any atom is -0.462 e. The molecule has 0 heterocycles. The number of hydrogen-bond donors (Lipinski definition) is 3. The van der Waals surface area contributed by atoms with Crippen LogP contribution in [0.2, 0.25) is 0 Å². The van der Waals surface area contributed by atoms with E-state index >= 15 is 0 Å². The molecule has 2 unspecified atom stereocenters. The number of aliphatic hydroxyl groups excluding tert-OH is 1. The van der Waals surface area contributed by atoms with Gasteiger partial charge in [-0.15, -0.1) is 0 Å². The van der Waals surface area contributed by atoms with Crippen LogP contribution in [0.25, 0.3) is 0 Å². The Balaban J connectivity index is 5.30. The minimum absolute atomic E-state index is 0.0942. The standard InChI is InChI=1S/C85H162O17P2/c1-5-9-13-17-21-25-29-33-37-39-43-46-50-54-58-62-66-70-83(88)96-76-80(101-84(89)71-67-63-59-55-51-47-42-36-32-28-24-20-16-12-8-4)77-99-103(91,92)97-73-79(86)74-98-104(93,94)100-78-81(75-95-82(87)69-65-61-57-53-49-45-41-35-31-27-23-19-15-11-7-3)102-85(90)72-68-64-60-56-52-48-44-40-38-34-30-26-22-18-14-10-6-2/h35-36,41-42,79-81,86H,5-34,37-40,43-78H2,1-4H3,(H,91,92)(H,93,94)/b41-35-,42-36-/t79-,80-,81-/m1/s1. The topological polar surface area (TPSA) is 237 Å². The molecule has 17 nitrogen and oxygen atoms in total. The molecule has 0 aromatic rings. The number of aliphatic hydroxyl groups is 1. The predicted molar refractivity (Wildman–Crippen MR) is 428 cm³/mol. The van der Waals surface area contributed by atoms with Crippen molar-refractivity contribution in [1.82, 2.24) is 0 Å². The summed E-state index contributed by atoms with van der Waals surface area (Å²) >= 11 is 0. The van der Waals surface area contributed by atoms with E-state index in [9.17, 15) is 43.2 Å². The highest BCUT2D eigenvalue weighted by Crippen LogP contribution is 2.45. The van der Waals surface area contributed by atoms with E-state index in [1.807, 2.05) is 0 Å². The average molecular weight is 1520 g/mol. The second kappa shape index (κ2) is 78.7. The van der Waals surface area contributed by atoms with Crippen molar-refractivity contribution in [2.24, 2.45) is 0 Å². The Bertz CT molecular complexity index is 2060. The van der Waals surface area contributed by atoms with Crippen LogP contribution in [0.1, 0.15) is 439 Å². The van der Waals surface area contributed by atoms with Crippen molar-refractivity contribution < 1.29 is 80.2 Å². The first-order valence-electron chi connectivity index (χ1n) is 43.6. The molecule has 0 aliphatic heterocycles. The monoisotopic (exact) mass is 1520 g/mol. The van der Waals surface area contributed by atoms with Crippen molar-refractivity contribution in [2.45, 2.75) is 457 Å². The zero-order valence-corrected chi connectivity index (χ0v) is 69.3. The summed E-state index contributed by atoms with van der Waals surface area (Å²) in [6, 6.07) is 0. The maximum atomic E-state index is 13.1. The lowest BCUT2D eigenvalue weighted by atomic mass is 10.0. The molecular weight excluding hydrogens is 1350 g/mol. The second-order valence-electron chi connectivity index (χ2n) is 29.8. The number of phosphoric ester groups is 2. The molecule has 0 radical (unpaired) electrons. The smallest absolute Gasteiger partial charge is 0.462 e. The molecule has 0 bridgehead atoms. The quantitative estimate of drug-likeness (QED) is 0.0169. The summed E-state index contributed by atoms with van der Waals surface area (Å²) in [5, 5.41) is 10.7. The van der Waals surface area contributed by atoms with Crippen LogP contribution in [0.4, 0.5) is 0 Å². The Morgan fingerprint density at radius 3 is 0.663 bits per heavy atom. The second-order valence-corrected chi connectivity index (χ2v) is 32.8. The van der Waals surface area contributed by atoms with E-state index in [0.717, 1.165) is 122 Å². The third kappa shape index (κ3) is 77.7. The first-order chi connectivity index (χ1) is 50.7. The number of unbranched alkanes of at least 4 members (excludes halogenated alkanes) is 54. The van der Waals surface area contributed by atoms with E-state index in [1.54, 1.807) is 0 Å². The van der Waals surface area contributed by atoms with Crippen LogP contribution in [0.15, 0.2) is 24.3 Å². The fourth-order valence-corrected chi connectivity index (χ4v) is 14.3. The van der Waals surface area contributed by atoms with Crippen molar-refractivity contribution in [3.05, 3.63) is 24.3 Å². The summed E-state index contributed by atoms with van der Waals surface area (Å²) in [6.07, 6.45) is 75.6. The molecule has 104 heavy (non-hydrogen) atoms. The summed E-state index contributed by atoms with van der Waals surface area (Å²) < 4.78 is 68.9. The molecule has 0 aromatic heterocycles. The molecule has 19 heteroatoms. The van der Waals surface area contributed by atoms with Crippen molar-refractivity contribution in [3.63, 3.8) is 0 Å². The van der Waals surface area contributed by atoms with E-state index in [0.29, 0.717) is 25.7 Å². The lowest BCUT2D eigenvalue weighted by molar-refractivity contribution is -0.161. The summed E-state index contributed by atoms with van der Waals surface area (Å²) in [4.78, 5) is 73.2. The van der Waals surface area contributed by atoms with E-state index in [2.05, 4.69) is 52.0 Å². The van der Waals surface area contributed by atoms with Gasteiger partial charge in [-0.05, 0) is 77.0 Å². The third-order valence-electron chi connectivity index (χ3n) is 19.4. The normalized spacial score (nSPS) is 13.9. The molecular formula is C85H162O17P2. The van der Waals surface area contributed by atoms with Gasteiger partial charge in [0.2, 0.25) is 0 Å². The van der Waals surface area contributed by atoms with Crippen LogP contribution >= 0.6 is 15.6 Å². The van der Waals surface area contributed by atoms with Crippen molar-refractivity contribution >= 4 is 39.5 Å². The number of allylic oxidation sites excluding steroid dienone is 4. The molecule has 0 aliphatic carbocycles. The molecule has 0 amide bonds. The molecule has 0 aliphatic rings. The maximum absolute atomic E-state index is 13.1. The molecule has 0 saturated carbocycles. The summed E-state index contributed by atoms with van der Waals surface area (Å²) in [6.45, 7) is 5.00. The van der Waals surface area contributed by atoms with Gasteiger partial charge in [-0.25, -0.2) is 9.13 Å². The van der Waals surface area contributed by atoms with Crippen LogP contribution in [-0.4, -0.2) is 96.7 Å². The number of rotatable bonds is 84. The summed E-state index contributed by atoms with van der Waals surface area (Å²) in [7, 11) is -9.94.